The molecule has 0 bridgehead atoms. The molecule has 0 saturated heterocycles. The summed E-state index contributed by atoms with van der Waals surface area (Å²) in [6, 6.07) is 0.548. The fourth-order valence-electron chi connectivity index (χ4n) is 1.04. The molecule has 1 N–H and O–H groups in total. The normalized spacial score (nSPS) is 21.0. The van der Waals surface area contributed by atoms with Crippen LogP contribution in [0.25, 0.3) is 0 Å². The molecule has 1 saturated carbocycles. The van der Waals surface area contributed by atoms with Gasteiger partial charge in [0, 0.05) is 17.0 Å². The molecule has 0 aromatic rings. The Morgan fingerprint density at radius 1 is 1.50 bits per heavy atom. The van der Waals surface area contributed by atoms with Crippen LogP contribution < -0.4 is 4.72 Å². The standard InChI is InChI=1S/C9H21NOS/c1-5-9(2,3)12(4,11)10-8-6-7-8/h8,12H,5-7H2,1-4H3,(H,10,11). The van der Waals surface area contributed by atoms with Gasteiger partial charge in [-0.25, -0.2) is 0 Å². The zero-order valence-corrected chi connectivity index (χ0v) is 9.45. The maximum atomic E-state index is 12.2. The summed E-state index contributed by atoms with van der Waals surface area (Å²) in [5.41, 5.74) is 0. The molecule has 0 spiro atoms. The van der Waals surface area contributed by atoms with Crippen LogP contribution in [-0.4, -0.2) is 21.3 Å². The molecule has 0 radical (unpaired) electrons. The third kappa shape index (κ3) is 2.07. The fraction of sp³-hybridized carbons (Fsp3) is 1.00. The first-order valence-electron chi connectivity index (χ1n) is 4.74. The smallest absolute Gasteiger partial charge is 0.0291 e. The molecule has 0 aromatic heterocycles. The number of hydrogen-bond acceptors (Lipinski definition) is 1. The van der Waals surface area contributed by atoms with Crippen molar-refractivity contribution < 1.29 is 4.21 Å². The minimum Gasteiger partial charge on any atom is -0.271 e. The van der Waals surface area contributed by atoms with Crippen molar-refractivity contribution in [3.05, 3.63) is 0 Å². The van der Waals surface area contributed by atoms with Crippen molar-refractivity contribution in [2.75, 3.05) is 6.26 Å². The van der Waals surface area contributed by atoms with Crippen LogP contribution in [0.5, 0.6) is 0 Å². The van der Waals surface area contributed by atoms with Crippen LogP contribution in [0, 0.1) is 0 Å². The Bertz CT molecular complexity index is 209. The molecule has 2 nitrogen and oxygen atoms in total. The highest BCUT2D eigenvalue weighted by atomic mass is 32.3. The zero-order valence-electron chi connectivity index (χ0n) is 8.55. The summed E-state index contributed by atoms with van der Waals surface area (Å²) in [6.45, 7) is 6.27. The van der Waals surface area contributed by atoms with Crippen LogP contribution in [0.4, 0.5) is 0 Å². The van der Waals surface area contributed by atoms with Crippen LogP contribution >= 0.6 is 0 Å². The lowest BCUT2D eigenvalue weighted by molar-refractivity contribution is 0.587. The maximum absolute atomic E-state index is 12.2. The van der Waals surface area contributed by atoms with Gasteiger partial charge in [0.1, 0.15) is 0 Å². The molecule has 1 fully saturated rings. The van der Waals surface area contributed by atoms with Crippen molar-refractivity contribution in [3.63, 3.8) is 0 Å². The van der Waals surface area contributed by atoms with Gasteiger partial charge in [0.25, 0.3) is 0 Å². The average molecular weight is 191 g/mol. The Morgan fingerprint density at radius 2 is 2.00 bits per heavy atom. The van der Waals surface area contributed by atoms with Crippen molar-refractivity contribution in [2.24, 2.45) is 0 Å². The van der Waals surface area contributed by atoms with Crippen molar-refractivity contribution in [2.45, 2.75) is 50.8 Å². The summed E-state index contributed by atoms with van der Waals surface area (Å²) >= 11 is 0. The predicted molar refractivity (Wildman–Crippen MR) is 56.0 cm³/mol. The second kappa shape index (κ2) is 3.11. The average Bonchev–Trinajstić information content (AvgIpc) is 2.70. The molecule has 0 unspecified atom stereocenters. The first kappa shape index (κ1) is 10.2. The summed E-state index contributed by atoms with van der Waals surface area (Å²) < 4.78 is 15.4. The lowest BCUT2D eigenvalue weighted by atomic mass is 10.1. The molecule has 0 heterocycles. The molecule has 1 aliphatic rings. The lowest BCUT2D eigenvalue weighted by Crippen LogP contribution is -2.47. The SMILES string of the molecule is CCC(C)(C)[SH](C)(=O)NC1CC1. The third-order valence-corrected chi connectivity index (χ3v) is 6.51. The van der Waals surface area contributed by atoms with E-state index in [1.807, 2.05) is 6.26 Å². The first-order chi connectivity index (χ1) is 5.39. The van der Waals surface area contributed by atoms with E-state index in [0.717, 1.165) is 6.42 Å². The Kier molecular flexibility index (Phi) is 2.64. The molecular weight excluding hydrogens is 170 g/mol. The summed E-state index contributed by atoms with van der Waals surface area (Å²) in [4.78, 5) is 0. The van der Waals surface area contributed by atoms with Gasteiger partial charge in [-0.05, 0) is 33.1 Å². The van der Waals surface area contributed by atoms with Crippen LogP contribution in [0.1, 0.15) is 40.0 Å². The van der Waals surface area contributed by atoms with Gasteiger partial charge in [-0.15, -0.1) is 0 Å². The molecule has 74 valence electrons. The molecule has 1 rings (SSSR count). The Hall–Kier alpha value is 0.110. The first-order valence-corrected chi connectivity index (χ1v) is 6.90. The Labute approximate surface area is 76.7 Å². The second-order valence-corrected chi connectivity index (χ2v) is 7.81. The Balaban J connectivity index is 2.61. The van der Waals surface area contributed by atoms with Crippen LogP contribution in [0.3, 0.4) is 0 Å². The van der Waals surface area contributed by atoms with E-state index in [1.165, 1.54) is 12.8 Å². The molecule has 0 atom stereocenters. The highest BCUT2D eigenvalue weighted by Crippen LogP contribution is 2.28. The quantitative estimate of drug-likeness (QED) is 0.648. The minimum absolute atomic E-state index is 0.0460. The zero-order chi connectivity index (χ0) is 9.41. The van der Waals surface area contributed by atoms with Crippen molar-refractivity contribution in [1.82, 2.24) is 4.72 Å². The summed E-state index contributed by atoms with van der Waals surface area (Å²) in [6.07, 6.45) is 5.27. The van der Waals surface area contributed by atoms with Gasteiger partial charge in [0.15, 0.2) is 0 Å². The van der Waals surface area contributed by atoms with Gasteiger partial charge in [-0.1, -0.05) is 17.0 Å². The summed E-state index contributed by atoms with van der Waals surface area (Å²) in [5, 5.41) is 0. The van der Waals surface area contributed by atoms with E-state index < -0.39 is 10.1 Å². The van der Waals surface area contributed by atoms with E-state index in [9.17, 15) is 4.21 Å². The minimum atomic E-state index is -2.14. The van der Waals surface area contributed by atoms with Gasteiger partial charge in [0.2, 0.25) is 0 Å². The molecule has 0 amide bonds. The van der Waals surface area contributed by atoms with Crippen LogP contribution in [0.2, 0.25) is 0 Å². The monoisotopic (exact) mass is 191 g/mol. The third-order valence-electron chi connectivity index (χ3n) is 3.03. The highest BCUT2D eigenvalue weighted by Gasteiger charge is 2.34. The van der Waals surface area contributed by atoms with Gasteiger partial charge < -0.3 is 0 Å². The lowest BCUT2D eigenvalue weighted by Gasteiger charge is -2.36. The second-order valence-electron chi connectivity index (χ2n) is 4.49. The van der Waals surface area contributed by atoms with Gasteiger partial charge in [-0.2, -0.15) is 0 Å². The molecular formula is C9H21NOS. The fourth-order valence-corrected chi connectivity index (χ4v) is 2.95. The molecule has 3 heteroatoms. The number of rotatable bonds is 4. The van der Waals surface area contributed by atoms with E-state index in [2.05, 4.69) is 25.5 Å². The van der Waals surface area contributed by atoms with E-state index in [4.69, 9.17) is 0 Å². The van der Waals surface area contributed by atoms with Crippen LogP contribution in [-0.2, 0) is 10.1 Å². The van der Waals surface area contributed by atoms with Gasteiger partial charge in [0.05, 0.1) is 0 Å². The molecule has 12 heavy (non-hydrogen) atoms. The van der Waals surface area contributed by atoms with Crippen molar-refractivity contribution >= 4 is 10.1 Å². The molecule has 0 aromatic carbocycles. The number of nitrogens with one attached hydrogen (secondary N) is 1. The van der Waals surface area contributed by atoms with Crippen molar-refractivity contribution in [3.8, 4) is 0 Å². The molecule has 0 aliphatic heterocycles. The number of hydrogen-bond donors (Lipinski definition) is 2. The Morgan fingerprint density at radius 3 is 2.33 bits per heavy atom. The van der Waals surface area contributed by atoms with Gasteiger partial charge in [-0.3, -0.25) is 8.93 Å². The van der Waals surface area contributed by atoms with Gasteiger partial charge >= 0.3 is 0 Å². The number of thiol groups is 1. The van der Waals surface area contributed by atoms with E-state index >= 15 is 0 Å². The molecule has 1 aliphatic carbocycles. The summed E-state index contributed by atoms with van der Waals surface area (Å²) in [5.74, 6) is 0. The van der Waals surface area contributed by atoms with Crippen LogP contribution in [0.15, 0.2) is 0 Å². The largest absolute Gasteiger partial charge is 0.271 e. The predicted octanol–water partition coefficient (Wildman–Crippen LogP) is 1.49. The van der Waals surface area contributed by atoms with E-state index in [0.29, 0.717) is 6.04 Å². The van der Waals surface area contributed by atoms with E-state index in [1.54, 1.807) is 0 Å². The van der Waals surface area contributed by atoms with E-state index in [-0.39, 0.29) is 4.75 Å². The maximum Gasteiger partial charge on any atom is 0.0291 e. The highest BCUT2D eigenvalue weighted by molar-refractivity contribution is 8.01. The van der Waals surface area contributed by atoms with Crippen molar-refractivity contribution in [1.29, 1.82) is 0 Å². The summed E-state index contributed by atoms with van der Waals surface area (Å²) in [7, 11) is -2.14. The topological polar surface area (TPSA) is 29.1 Å².